The molecule has 2 N–H and O–H groups in total. The Balaban J connectivity index is 2.95. The van der Waals surface area contributed by atoms with E-state index < -0.39 is 17.9 Å². The summed E-state index contributed by atoms with van der Waals surface area (Å²) in [5.41, 5.74) is 0.900. The maximum atomic E-state index is 11.9. The molecule has 1 atom stereocenters. The van der Waals surface area contributed by atoms with Crippen molar-refractivity contribution in [2.45, 2.75) is 46.2 Å². The van der Waals surface area contributed by atoms with Crippen LogP contribution in [0.25, 0.3) is 0 Å². The normalized spacial score (nSPS) is 13.2. The van der Waals surface area contributed by atoms with E-state index in [-0.39, 0.29) is 5.54 Å². The van der Waals surface area contributed by atoms with E-state index in [4.69, 9.17) is 5.11 Å². The monoisotopic (exact) mass is 253 g/mol. The van der Waals surface area contributed by atoms with Crippen molar-refractivity contribution >= 4 is 11.9 Å². The average molecular weight is 253 g/mol. The fourth-order valence-electron chi connectivity index (χ4n) is 1.64. The van der Waals surface area contributed by atoms with Crippen molar-refractivity contribution in [3.05, 3.63) is 17.5 Å². The number of hydrogen-bond acceptors (Lipinski definition) is 3. The molecule has 1 amide bonds. The van der Waals surface area contributed by atoms with Crippen molar-refractivity contribution < 1.29 is 14.7 Å². The molecule has 1 rings (SSSR count). The predicted molar refractivity (Wildman–Crippen MR) is 66.5 cm³/mol. The van der Waals surface area contributed by atoms with Gasteiger partial charge in [0.1, 0.15) is 6.04 Å². The fraction of sp³-hybridized carbons (Fsp3) is 0.583. The molecular formula is C12H19N3O3. The first-order valence-corrected chi connectivity index (χ1v) is 5.73. The summed E-state index contributed by atoms with van der Waals surface area (Å²) in [6.45, 7) is 9.15. The van der Waals surface area contributed by atoms with Gasteiger partial charge >= 0.3 is 5.97 Å². The number of amides is 1. The van der Waals surface area contributed by atoms with Crippen molar-refractivity contribution in [2.75, 3.05) is 0 Å². The lowest BCUT2D eigenvalue weighted by Gasteiger charge is -2.21. The topological polar surface area (TPSA) is 84.2 Å². The van der Waals surface area contributed by atoms with E-state index in [0.29, 0.717) is 5.56 Å². The van der Waals surface area contributed by atoms with Gasteiger partial charge in [0.25, 0.3) is 5.91 Å². The van der Waals surface area contributed by atoms with Gasteiger partial charge in [-0.25, -0.2) is 0 Å². The lowest BCUT2D eigenvalue weighted by molar-refractivity contribution is -0.138. The number of carboxylic acid groups (broad SMARTS) is 1. The third-order valence-electron chi connectivity index (χ3n) is 2.61. The third-order valence-corrected chi connectivity index (χ3v) is 2.61. The minimum absolute atomic E-state index is 0.221. The molecule has 100 valence electrons. The minimum Gasteiger partial charge on any atom is -0.480 e. The van der Waals surface area contributed by atoms with Gasteiger partial charge in [-0.15, -0.1) is 0 Å². The number of hydrogen-bond donors (Lipinski definition) is 2. The highest BCUT2D eigenvalue weighted by molar-refractivity contribution is 5.97. The second kappa shape index (κ2) is 4.80. The molecule has 0 radical (unpaired) electrons. The second-order valence-electron chi connectivity index (χ2n) is 5.26. The zero-order valence-corrected chi connectivity index (χ0v) is 11.3. The molecule has 0 aromatic carbocycles. The van der Waals surface area contributed by atoms with Crippen molar-refractivity contribution in [3.8, 4) is 0 Å². The average Bonchev–Trinajstić information content (AvgIpc) is 2.59. The van der Waals surface area contributed by atoms with Gasteiger partial charge in [-0.2, -0.15) is 5.10 Å². The largest absolute Gasteiger partial charge is 0.480 e. The molecule has 0 aliphatic heterocycles. The van der Waals surface area contributed by atoms with Crippen molar-refractivity contribution in [2.24, 2.45) is 0 Å². The summed E-state index contributed by atoms with van der Waals surface area (Å²) >= 11 is 0. The molecule has 1 aromatic heterocycles. The van der Waals surface area contributed by atoms with Crippen LogP contribution in [0.1, 0.15) is 43.7 Å². The number of carbonyl (C=O) groups is 2. The van der Waals surface area contributed by atoms with Crippen molar-refractivity contribution in [1.29, 1.82) is 0 Å². The first kappa shape index (κ1) is 14.2. The number of nitrogens with one attached hydrogen (secondary N) is 1. The minimum atomic E-state index is -1.07. The van der Waals surface area contributed by atoms with E-state index in [2.05, 4.69) is 10.4 Å². The van der Waals surface area contributed by atoms with E-state index in [9.17, 15) is 9.59 Å². The highest BCUT2D eigenvalue weighted by Crippen LogP contribution is 2.18. The number of aliphatic carboxylic acids is 1. The van der Waals surface area contributed by atoms with E-state index in [1.165, 1.54) is 13.1 Å². The Morgan fingerprint density at radius 1 is 1.44 bits per heavy atom. The van der Waals surface area contributed by atoms with Gasteiger partial charge in [0.2, 0.25) is 0 Å². The molecule has 6 nitrogen and oxygen atoms in total. The van der Waals surface area contributed by atoms with Gasteiger partial charge in [-0.3, -0.25) is 14.3 Å². The zero-order valence-electron chi connectivity index (χ0n) is 11.3. The van der Waals surface area contributed by atoms with Gasteiger partial charge in [-0.05, 0) is 34.6 Å². The molecule has 1 aromatic rings. The Kier molecular flexibility index (Phi) is 3.79. The van der Waals surface area contributed by atoms with Gasteiger partial charge in [0.05, 0.1) is 17.3 Å². The lowest BCUT2D eigenvalue weighted by Crippen LogP contribution is -2.38. The molecule has 0 aliphatic carbocycles. The molecule has 0 saturated carbocycles. The van der Waals surface area contributed by atoms with Crippen LogP contribution in [-0.2, 0) is 10.3 Å². The number of aromatic nitrogens is 2. The Labute approximate surface area is 106 Å². The summed E-state index contributed by atoms with van der Waals surface area (Å²) in [7, 11) is 0. The number of carboxylic acids is 1. The molecule has 0 saturated heterocycles. The SMILES string of the molecule is Cc1c(C(=O)N[C@@H](C)C(=O)O)cnn1C(C)(C)C. The maximum absolute atomic E-state index is 11.9. The Hall–Kier alpha value is -1.85. The van der Waals surface area contributed by atoms with Gasteiger partial charge in [-0.1, -0.05) is 0 Å². The molecule has 1 heterocycles. The van der Waals surface area contributed by atoms with Crippen LogP contribution in [0.15, 0.2) is 6.20 Å². The molecule has 0 unspecified atom stereocenters. The molecule has 0 bridgehead atoms. The van der Waals surface area contributed by atoms with Gasteiger partial charge in [0, 0.05) is 5.69 Å². The van der Waals surface area contributed by atoms with Crippen LogP contribution in [0, 0.1) is 6.92 Å². The van der Waals surface area contributed by atoms with Crippen molar-refractivity contribution in [1.82, 2.24) is 15.1 Å². The molecule has 0 aliphatic rings. The van der Waals surface area contributed by atoms with Crippen LogP contribution in [0.2, 0.25) is 0 Å². The molecular weight excluding hydrogens is 234 g/mol. The second-order valence-corrected chi connectivity index (χ2v) is 5.26. The Morgan fingerprint density at radius 2 is 2.00 bits per heavy atom. The third kappa shape index (κ3) is 2.88. The van der Waals surface area contributed by atoms with Crippen molar-refractivity contribution in [3.63, 3.8) is 0 Å². The van der Waals surface area contributed by atoms with Crippen LogP contribution in [0.5, 0.6) is 0 Å². The predicted octanol–water partition coefficient (Wildman–Crippen LogP) is 1.15. The molecule has 18 heavy (non-hydrogen) atoms. The summed E-state index contributed by atoms with van der Waals surface area (Å²) in [5, 5.41) is 15.3. The number of rotatable bonds is 3. The molecule has 0 fully saturated rings. The van der Waals surface area contributed by atoms with Crippen LogP contribution < -0.4 is 5.32 Å². The van der Waals surface area contributed by atoms with E-state index in [1.54, 1.807) is 11.6 Å². The number of nitrogens with zero attached hydrogens (tertiary/aromatic N) is 2. The first-order valence-electron chi connectivity index (χ1n) is 5.73. The van der Waals surface area contributed by atoms with Crippen LogP contribution >= 0.6 is 0 Å². The van der Waals surface area contributed by atoms with Gasteiger partial charge < -0.3 is 10.4 Å². The zero-order chi connectivity index (χ0) is 14.1. The fourth-order valence-corrected chi connectivity index (χ4v) is 1.64. The highest BCUT2D eigenvalue weighted by atomic mass is 16.4. The standard InChI is InChI=1S/C12H19N3O3/c1-7(11(17)18)14-10(16)9-6-13-15(8(9)2)12(3,4)5/h6-7H,1-5H3,(H,14,16)(H,17,18)/t7-/m0/s1. The lowest BCUT2D eigenvalue weighted by atomic mass is 10.1. The van der Waals surface area contributed by atoms with Crippen LogP contribution in [-0.4, -0.2) is 32.8 Å². The smallest absolute Gasteiger partial charge is 0.325 e. The summed E-state index contributed by atoms with van der Waals surface area (Å²) < 4.78 is 1.74. The first-order chi connectivity index (χ1) is 8.14. The highest BCUT2D eigenvalue weighted by Gasteiger charge is 2.23. The Morgan fingerprint density at radius 3 is 2.39 bits per heavy atom. The van der Waals surface area contributed by atoms with E-state index in [1.807, 2.05) is 20.8 Å². The number of carbonyl (C=O) groups excluding carboxylic acids is 1. The summed E-state index contributed by atoms with van der Waals surface area (Å²) in [6, 6.07) is -0.921. The van der Waals surface area contributed by atoms with Crippen LogP contribution in [0.3, 0.4) is 0 Å². The molecule has 0 spiro atoms. The quantitative estimate of drug-likeness (QED) is 0.846. The summed E-state index contributed by atoms with van der Waals surface area (Å²) in [5.74, 6) is -1.48. The Bertz CT molecular complexity index is 471. The summed E-state index contributed by atoms with van der Waals surface area (Å²) in [6.07, 6.45) is 1.46. The molecule has 6 heteroatoms. The van der Waals surface area contributed by atoms with E-state index in [0.717, 1.165) is 5.69 Å². The van der Waals surface area contributed by atoms with Gasteiger partial charge in [0.15, 0.2) is 0 Å². The summed E-state index contributed by atoms with van der Waals surface area (Å²) in [4.78, 5) is 22.6. The van der Waals surface area contributed by atoms with Crippen LogP contribution in [0.4, 0.5) is 0 Å². The maximum Gasteiger partial charge on any atom is 0.325 e. The van der Waals surface area contributed by atoms with E-state index >= 15 is 0 Å².